The van der Waals surface area contributed by atoms with Gasteiger partial charge in [-0.25, -0.2) is 13.2 Å². The van der Waals surface area contributed by atoms with Gasteiger partial charge in [0.05, 0.1) is 4.90 Å². The fourth-order valence-electron chi connectivity index (χ4n) is 0.832. The number of carbonyl (C=O) groups is 1. The first-order chi connectivity index (χ1) is 6.93. The van der Waals surface area contributed by atoms with Crippen molar-refractivity contribution in [3.05, 3.63) is 36.9 Å². The van der Waals surface area contributed by atoms with Crippen LogP contribution in [0.4, 0.5) is 0 Å². The lowest BCUT2D eigenvalue weighted by Gasteiger charge is -2.07. The lowest BCUT2D eigenvalue weighted by Crippen LogP contribution is -2.03. The Morgan fingerprint density at radius 1 is 1.33 bits per heavy atom. The SMILES string of the molecule is C=CC(=O)Oc1ccc(S(=O)(=O)[O-])cc1. The zero-order valence-corrected chi connectivity index (χ0v) is 8.36. The highest BCUT2D eigenvalue weighted by atomic mass is 32.2. The zero-order valence-electron chi connectivity index (χ0n) is 7.54. The second-order valence-corrected chi connectivity index (χ2v) is 3.93. The van der Waals surface area contributed by atoms with Gasteiger partial charge in [0, 0.05) is 6.08 Å². The molecule has 0 atom stereocenters. The summed E-state index contributed by atoms with van der Waals surface area (Å²) in [6, 6.07) is 4.56. The third-order valence-electron chi connectivity index (χ3n) is 1.50. The number of rotatable bonds is 3. The number of ether oxygens (including phenoxy) is 1. The third-order valence-corrected chi connectivity index (χ3v) is 2.35. The van der Waals surface area contributed by atoms with E-state index in [1.165, 1.54) is 12.1 Å². The van der Waals surface area contributed by atoms with Crippen molar-refractivity contribution in [1.82, 2.24) is 0 Å². The van der Waals surface area contributed by atoms with Gasteiger partial charge < -0.3 is 9.29 Å². The van der Waals surface area contributed by atoms with E-state index in [2.05, 4.69) is 11.3 Å². The molecule has 0 saturated heterocycles. The Kier molecular flexibility index (Phi) is 3.23. The number of hydrogen-bond acceptors (Lipinski definition) is 5. The molecule has 0 aliphatic rings. The minimum atomic E-state index is -4.46. The number of esters is 1. The molecule has 0 aliphatic carbocycles. The highest BCUT2D eigenvalue weighted by molar-refractivity contribution is 7.85. The van der Waals surface area contributed by atoms with Crippen LogP contribution in [0.3, 0.4) is 0 Å². The Balaban J connectivity index is 2.91. The van der Waals surface area contributed by atoms with Gasteiger partial charge in [-0.05, 0) is 24.3 Å². The van der Waals surface area contributed by atoms with Gasteiger partial charge in [0.1, 0.15) is 15.9 Å². The quantitative estimate of drug-likeness (QED) is 0.328. The third kappa shape index (κ3) is 3.19. The highest BCUT2D eigenvalue weighted by Crippen LogP contribution is 2.15. The van der Waals surface area contributed by atoms with Crippen LogP contribution in [0, 0.1) is 0 Å². The predicted molar refractivity (Wildman–Crippen MR) is 50.2 cm³/mol. The Labute approximate surface area is 86.7 Å². The van der Waals surface area contributed by atoms with Crippen LogP contribution in [0.2, 0.25) is 0 Å². The Bertz CT molecular complexity index is 472. The zero-order chi connectivity index (χ0) is 11.5. The monoisotopic (exact) mass is 227 g/mol. The van der Waals surface area contributed by atoms with Crippen molar-refractivity contribution in [3.63, 3.8) is 0 Å². The fourth-order valence-corrected chi connectivity index (χ4v) is 1.30. The van der Waals surface area contributed by atoms with Crippen molar-refractivity contribution in [2.45, 2.75) is 4.90 Å². The van der Waals surface area contributed by atoms with E-state index < -0.39 is 16.1 Å². The van der Waals surface area contributed by atoms with Gasteiger partial charge in [-0.3, -0.25) is 0 Å². The molecule has 0 spiro atoms. The van der Waals surface area contributed by atoms with Crippen LogP contribution in [-0.4, -0.2) is 18.9 Å². The van der Waals surface area contributed by atoms with Gasteiger partial charge in [-0.15, -0.1) is 0 Å². The van der Waals surface area contributed by atoms with Gasteiger partial charge in [-0.2, -0.15) is 0 Å². The lowest BCUT2D eigenvalue weighted by atomic mass is 10.3. The molecule has 0 bridgehead atoms. The molecular formula is C9H7O5S-. The minimum absolute atomic E-state index is 0.146. The average Bonchev–Trinajstić information content (AvgIpc) is 2.17. The van der Waals surface area contributed by atoms with E-state index in [1.807, 2.05) is 0 Å². The fraction of sp³-hybridized carbons (Fsp3) is 0. The van der Waals surface area contributed by atoms with Gasteiger partial charge in [-0.1, -0.05) is 6.58 Å². The molecule has 80 valence electrons. The molecule has 1 aromatic carbocycles. The smallest absolute Gasteiger partial charge is 0.335 e. The van der Waals surface area contributed by atoms with Crippen LogP contribution in [-0.2, 0) is 14.9 Å². The molecular weight excluding hydrogens is 220 g/mol. The van der Waals surface area contributed by atoms with Crippen LogP contribution in [0.5, 0.6) is 5.75 Å². The summed E-state index contributed by atoms with van der Waals surface area (Å²) in [5, 5.41) is 0. The second-order valence-electron chi connectivity index (χ2n) is 2.55. The normalized spacial score (nSPS) is 10.7. The summed E-state index contributed by atoms with van der Waals surface area (Å²) < 4.78 is 36.3. The molecule has 15 heavy (non-hydrogen) atoms. The predicted octanol–water partition coefficient (Wildman–Crippen LogP) is 0.682. The maximum atomic E-state index is 10.7. The number of hydrogen-bond donors (Lipinski definition) is 0. The van der Waals surface area contributed by atoms with Crippen molar-refractivity contribution in [1.29, 1.82) is 0 Å². The topological polar surface area (TPSA) is 83.5 Å². The van der Waals surface area contributed by atoms with Gasteiger partial charge >= 0.3 is 5.97 Å². The van der Waals surface area contributed by atoms with Crippen LogP contribution in [0.15, 0.2) is 41.8 Å². The van der Waals surface area contributed by atoms with Crippen molar-refractivity contribution in [2.75, 3.05) is 0 Å². The molecule has 0 saturated carbocycles. The summed E-state index contributed by atoms with van der Waals surface area (Å²) in [5.41, 5.74) is 0. The largest absolute Gasteiger partial charge is 0.744 e. The molecule has 0 fully saturated rings. The van der Waals surface area contributed by atoms with Gasteiger partial charge in [0.25, 0.3) is 0 Å². The van der Waals surface area contributed by atoms with E-state index in [4.69, 9.17) is 0 Å². The molecule has 5 nitrogen and oxygen atoms in total. The molecule has 1 aromatic rings. The Morgan fingerprint density at radius 2 is 1.87 bits per heavy atom. The van der Waals surface area contributed by atoms with Crippen LogP contribution in [0.25, 0.3) is 0 Å². The van der Waals surface area contributed by atoms with E-state index >= 15 is 0 Å². The van der Waals surface area contributed by atoms with Crippen LogP contribution >= 0.6 is 0 Å². The Hall–Kier alpha value is -1.66. The Morgan fingerprint density at radius 3 is 2.27 bits per heavy atom. The minimum Gasteiger partial charge on any atom is -0.744 e. The summed E-state index contributed by atoms with van der Waals surface area (Å²) in [6.07, 6.45) is 0.970. The van der Waals surface area contributed by atoms with E-state index in [9.17, 15) is 17.8 Å². The van der Waals surface area contributed by atoms with Crippen molar-refractivity contribution in [3.8, 4) is 5.75 Å². The molecule has 0 N–H and O–H groups in total. The van der Waals surface area contributed by atoms with E-state index in [0.717, 1.165) is 18.2 Å². The van der Waals surface area contributed by atoms with Crippen molar-refractivity contribution < 1.29 is 22.5 Å². The average molecular weight is 227 g/mol. The van der Waals surface area contributed by atoms with E-state index in [-0.39, 0.29) is 10.6 Å². The summed E-state index contributed by atoms with van der Waals surface area (Å²) >= 11 is 0. The molecule has 0 amide bonds. The van der Waals surface area contributed by atoms with Crippen LogP contribution in [0.1, 0.15) is 0 Å². The first-order valence-corrected chi connectivity index (χ1v) is 5.24. The lowest BCUT2D eigenvalue weighted by molar-refractivity contribution is -0.128. The van der Waals surface area contributed by atoms with Crippen molar-refractivity contribution in [2.24, 2.45) is 0 Å². The maximum Gasteiger partial charge on any atom is 0.335 e. The highest BCUT2D eigenvalue weighted by Gasteiger charge is 2.03. The maximum absolute atomic E-state index is 10.7. The molecule has 0 aliphatic heterocycles. The molecule has 0 aromatic heterocycles. The van der Waals surface area contributed by atoms with Gasteiger partial charge in [0.2, 0.25) is 0 Å². The van der Waals surface area contributed by atoms with E-state index in [0.29, 0.717) is 0 Å². The summed E-state index contributed by atoms with van der Waals surface area (Å²) in [7, 11) is -4.46. The number of carbonyl (C=O) groups excluding carboxylic acids is 1. The molecule has 0 heterocycles. The molecule has 1 rings (SSSR count). The summed E-state index contributed by atoms with van der Waals surface area (Å²) in [6.45, 7) is 3.19. The first-order valence-electron chi connectivity index (χ1n) is 3.83. The second kappa shape index (κ2) is 4.24. The molecule has 0 unspecified atom stereocenters. The van der Waals surface area contributed by atoms with Crippen molar-refractivity contribution >= 4 is 16.1 Å². The number of benzene rings is 1. The van der Waals surface area contributed by atoms with Crippen LogP contribution < -0.4 is 4.74 Å². The molecule has 0 radical (unpaired) electrons. The van der Waals surface area contributed by atoms with E-state index in [1.54, 1.807) is 0 Å². The summed E-state index contributed by atoms with van der Waals surface area (Å²) in [4.78, 5) is 10.4. The van der Waals surface area contributed by atoms with Gasteiger partial charge in [0.15, 0.2) is 0 Å². The first kappa shape index (κ1) is 11.4. The molecule has 6 heteroatoms. The standard InChI is InChI=1S/C9H8O5S/c1-2-9(10)14-7-3-5-8(6-4-7)15(11,12)13/h2-6H,1H2,(H,11,12,13)/p-1. The summed E-state index contributed by atoms with van der Waals surface area (Å²) in [5.74, 6) is -0.514.